The van der Waals surface area contributed by atoms with Crippen molar-refractivity contribution in [3.63, 3.8) is 0 Å². The number of nitrogens with zero attached hydrogens (tertiary/aromatic N) is 3. The standard InChI is InChI=1S/C6H5N5O/c7-5-3-1-8-9-2-4(3)10-6(12)11-5/h1-2H,(H3,7,10,11,12). The van der Waals surface area contributed by atoms with Gasteiger partial charge in [-0.3, -0.25) is 4.98 Å². The number of rotatable bonds is 0. The van der Waals surface area contributed by atoms with Crippen LogP contribution in [0.4, 0.5) is 5.82 Å². The van der Waals surface area contributed by atoms with Gasteiger partial charge in [0.1, 0.15) is 11.3 Å². The van der Waals surface area contributed by atoms with Crippen molar-refractivity contribution in [1.29, 1.82) is 0 Å². The first-order valence-electron chi connectivity index (χ1n) is 3.23. The van der Waals surface area contributed by atoms with Crippen molar-refractivity contribution in [2.24, 2.45) is 0 Å². The van der Waals surface area contributed by atoms with E-state index in [2.05, 4.69) is 20.2 Å². The van der Waals surface area contributed by atoms with Crippen LogP contribution >= 0.6 is 0 Å². The van der Waals surface area contributed by atoms with E-state index < -0.39 is 5.69 Å². The molecule has 0 atom stereocenters. The minimum absolute atomic E-state index is 0.264. The van der Waals surface area contributed by atoms with E-state index in [9.17, 15) is 4.79 Å². The van der Waals surface area contributed by atoms with Crippen LogP contribution in [0.3, 0.4) is 0 Å². The van der Waals surface area contributed by atoms with Gasteiger partial charge in [0.05, 0.1) is 17.8 Å². The fourth-order valence-electron chi connectivity index (χ4n) is 0.931. The van der Waals surface area contributed by atoms with Gasteiger partial charge in [-0.25, -0.2) is 4.79 Å². The minimum Gasteiger partial charge on any atom is -0.385 e. The predicted octanol–water partition coefficient (Wildman–Crippen LogP) is -0.705. The molecular weight excluding hydrogens is 158 g/mol. The van der Waals surface area contributed by atoms with Gasteiger partial charge in [-0.1, -0.05) is 0 Å². The number of nitrogens with one attached hydrogen (secondary N) is 1. The van der Waals surface area contributed by atoms with Crippen LogP contribution in [0.1, 0.15) is 0 Å². The van der Waals surface area contributed by atoms with Gasteiger partial charge in [-0.05, 0) is 0 Å². The summed E-state index contributed by atoms with van der Waals surface area (Å²) in [4.78, 5) is 16.8. The number of hydrogen-bond acceptors (Lipinski definition) is 5. The van der Waals surface area contributed by atoms with E-state index in [0.717, 1.165) is 0 Å². The summed E-state index contributed by atoms with van der Waals surface area (Å²) >= 11 is 0. The minimum atomic E-state index is -0.479. The fraction of sp³-hybridized carbons (Fsp3) is 0. The number of hydrogen-bond donors (Lipinski definition) is 2. The smallest absolute Gasteiger partial charge is 0.347 e. The maximum absolute atomic E-state index is 10.8. The molecule has 6 nitrogen and oxygen atoms in total. The second-order valence-electron chi connectivity index (χ2n) is 2.24. The Morgan fingerprint density at radius 2 is 2.08 bits per heavy atom. The summed E-state index contributed by atoms with van der Waals surface area (Å²) in [6, 6.07) is 0. The van der Waals surface area contributed by atoms with Gasteiger partial charge in [-0.2, -0.15) is 15.2 Å². The van der Waals surface area contributed by atoms with Crippen molar-refractivity contribution in [2.75, 3.05) is 5.73 Å². The normalized spacial score (nSPS) is 10.3. The lowest BCUT2D eigenvalue weighted by atomic mass is 10.3. The van der Waals surface area contributed by atoms with E-state index in [1.54, 1.807) is 0 Å². The SMILES string of the molecule is Nc1[nH]c(=O)nc2cnncc12. The van der Waals surface area contributed by atoms with Crippen molar-refractivity contribution in [1.82, 2.24) is 20.2 Å². The Kier molecular flexibility index (Phi) is 1.26. The zero-order chi connectivity index (χ0) is 8.55. The zero-order valence-electron chi connectivity index (χ0n) is 5.98. The molecule has 0 saturated carbocycles. The van der Waals surface area contributed by atoms with Crippen LogP contribution in [-0.4, -0.2) is 20.2 Å². The van der Waals surface area contributed by atoms with E-state index in [-0.39, 0.29) is 5.82 Å². The highest BCUT2D eigenvalue weighted by molar-refractivity contribution is 5.85. The molecule has 0 spiro atoms. The predicted molar refractivity (Wildman–Crippen MR) is 42.4 cm³/mol. The van der Waals surface area contributed by atoms with Crippen LogP contribution in [0, 0.1) is 0 Å². The third-order valence-electron chi connectivity index (χ3n) is 1.46. The zero-order valence-corrected chi connectivity index (χ0v) is 5.98. The number of fused-ring (bicyclic) bond motifs is 1. The molecule has 2 rings (SSSR count). The van der Waals surface area contributed by atoms with E-state index in [1.807, 2.05) is 0 Å². The molecule has 0 fully saturated rings. The van der Waals surface area contributed by atoms with E-state index in [4.69, 9.17) is 5.73 Å². The third-order valence-corrected chi connectivity index (χ3v) is 1.46. The molecule has 12 heavy (non-hydrogen) atoms. The summed E-state index contributed by atoms with van der Waals surface area (Å²) in [6.07, 6.45) is 2.84. The number of H-pyrrole nitrogens is 1. The van der Waals surface area contributed by atoms with Crippen molar-refractivity contribution < 1.29 is 0 Å². The van der Waals surface area contributed by atoms with E-state index in [0.29, 0.717) is 10.9 Å². The Morgan fingerprint density at radius 3 is 2.92 bits per heavy atom. The number of nitrogen functional groups attached to an aromatic ring is 1. The lowest BCUT2D eigenvalue weighted by Gasteiger charge is -1.96. The summed E-state index contributed by atoms with van der Waals surface area (Å²) < 4.78 is 0. The molecule has 6 heteroatoms. The number of aromatic nitrogens is 4. The molecule has 3 N–H and O–H groups in total. The maximum atomic E-state index is 10.8. The fourth-order valence-corrected chi connectivity index (χ4v) is 0.931. The largest absolute Gasteiger partial charge is 0.385 e. The van der Waals surface area contributed by atoms with Gasteiger partial charge in [0.2, 0.25) is 0 Å². The summed E-state index contributed by atoms with van der Waals surface area (Å²) in [5.74, 6) is 0.264. The van der Waals surface area contributed by atoms with Crippen molar-refractivity contribution in [3.8, 4) is 0 Å². The second kappa shape index (κ2) is 2.26. The molecule has 0 aromatic carbocycles. The van der Waals surface area contributed by atoms with E-state index in [1.165, 1.54) is 12.4 Å². The van der Waals surface area contributed by atoms with Crippen LogP contribution in [-0.2, 0) is 0 Å². The topological polar surface area (TPSA) is 97.6 Å². The Balaban J connectivity index is 2.99. The number of anilines is 1. The third kappa shape index (κ3) is 0.895. The van der Waals surface area contributed by atoms with Gasteiger partial charge >= 0.3 is 5.69 Å². The van der Waals surface area contributed by atoms with Crippen molar-refractivity contribution in [3.05, 3.63) is 22.9 Å². The molecule has 0 bridgehead atoms. The van der Waals surface area contributed by atoms with Crippen LogP contribution in [0.2, 0.25) is 0 Å². The average molecular weight is 163 g/mol. The van der Waals surface area contributed by atoms with Gasteiger partial charge in [0.25, 0.3) is 0 Å². The molecule has 0 aliphatic heterocycles. The molecule has 0 unspecified atom stereocenters. The van der Waals surface area contributed by atoms with Crippen LogP contribution < -0.4 is 11.4 Å². The lowest BCUT2D eigenvalue weighted by Crippen LogP contribution is -2.12. The molecular formula is C6H5N5O. The van der Waals surface area contributed by atoms with Gasteiger partial charge in [0.15, 0.2) is 0 Å². The van der Waals surface area contributed by atoms with Gasteiger partial charge in [-0.15, -0.1) is 0 Å². The molecule has 60 valence electrons. The van der Waals surface area contributed by atoms with Crippen molar-refractivity contribution >= 4 is 16.7 Å². The summed E-state index contributed by atoms with van der Waals surface area (Å²) in [5.41, 5.74) is 5.47. The van der Waals surface area contributed by atoms with Crippen molar-refractivity contribution in [2.45, 2.75) is 0 Å². The Bertz CT molecular complexity index is 477. The van der Waals surface area contributed by atoms with Gasteiger partial charge in [0, 0.05) is 0 Å². The van der Waals surface area contributed by atoms with Crippen LogP contribution in [0.25, 0.3) is 10.9 Å². The highest BCUT2D eigenvalue weighted by Crippen LogP contribution is 2.10. The second-order valence-corrected chi connectivity index (χ2v) is 2.24. The first-order valence-corrected chi connectivity index (χ1v) is 3.23. The summed E-state index contributed by atoms with van der Waals surface area (Å²) in [5, 5.41) is 7.79. The molecule has 0 amide bonds. The molecule has 2 aromatic rings. The quantitative estimate of drug-likeness (QED) is 0.535. The molecule has 0 radical (unpaired) electrons. The molecule has 0 aliphatic carbocycles. The monoisotopic (exact) mass is 163 g/mol. The molecule has 0 saturated heterocycles. The highest BCUT2D eigenvalue weighted by Gasteiger charge is 2.00. The maximum Gasteiger partial charge on any atom is 0.347 e. The average Bonchev–Trinajstić information content (AvgIpc) is 2.04. The number of nitrogens with two attached hydrogens (primary N) is 1. The Morgan fingerprint density at radius 1 is 1.33 bits per heavy atom. The lowest BCUT2D eigenvalue weighted by molar-refractivity contribution is 1.03. The molecule has 2 heterocycles. The van der Waals surface area contributed by atoms with Crippen LogP contribution in [0.5, 0.6) is 0 Å². The van der Waals surface area contributed by atoms with Crippen LogP contribution in [0.15, 0.2) is 17.2 Å². The Hall–Kier alpha value is -1.98. The highest BCUT2D eigenvalue weighted by atomic mass is 16.1. The first kappa shape index (κ1) is 6.71. The summed E-state index contributed by atoms with van der Waals surface area (Å²) in [6.45, 7) is 0. The van der Waals surface area contributed by atoms with E-state index >= 15 is 0 Å². The Labute approximate surface area is 66.5 Å². The van der Waals surface area contributed by atoms with Gasteiger partial charge < -0.3 is 5.73 Å². The summed E-state index contributed by atoms with van der Waals surface area (Å²) in [7, 11) is 0. The molecule has 2 aromatic heterocycles. The molecule has 0 aliphatic rings. The first-order chi connectivity index (χ1) is 5.77. The number of aromatic amines is 1.